The van der Waals surface area contributed by atoms with Crippen molar-refractivity contribution in [3.05, 3.63) is 40.3 Å². The normalized spacial score (nSPS) is 14.2. The smallest absolute Gasteiger partial charge is 0.437 e. The standard InChI is InChI=1S/C18H21ClN4O3/c1-10-5-8-12(14(19)21-10)16(24)22-15-13(11-6-7-11)9-20-23(15)17(25)26-18(2,3)4/h5,8-9,11H,6-7H2,1-4H3,(H,22,24). The van der Waals surface area contributed by atoms with Crippen molar-refractivity contribution in [3.63, 3.8) is 0 Å². The number of ether oxygens (including phenoxy) is 1. The Bertz CT molecular complexity index is 866. The Balaban J connectivity index is 1.91. The van der Waals surface area contributed by atoms with Crippen molar-refractivity contribution in [1.29, 1.82) is 0 Å². The van der Waals surface area contributed by atoms with Crippen LogP contribution in [0.5, 0.6) is 0 Å². The van der Waals surface area contributed by atoms with Crippen molar-refractivity contribution in [2.45, 2.75) is 52.1 Å². The topological polar surface area (TPSA) is 86.1 Å². The van der Waals surface area contributed by atoms with E-state index in [-0.39, 0.29) is 16.6 Å². The van der Waals surface area contributed by atoms with Crippen LogP contribution < -0.4 is 5.32 Å². The van der Waals surface area contributed by atoms with Gasteiger partial charge in [-0.05, 0) is 58.6 Å². The fourth-order valence-corrected chi connectivity index (χ4v) is 2.77. The summed E-state index contributed by atoms with van der Waals surface area (Å²) in [5, 5.41) is 6.99. The van der Waals surface area contributed by atoms with E-state index < -0.39 is 17.6 Å². The van der Waals surface area contributed by atoms with E-state index in [1.54, 1.807) is 46.0 Å². The molecule has 0 unspecified atom stereocenters. The quantitative estimate of drug-likeness (QED) is 0.813. The zero-order valence-corrected chi connectivity index (χ0v) is 15.9. The number of nitrogens with zero attached hydrogens (tertiary/aromatic N) is 3. The SMILES string of the molecule is Cc1ccc(C(=O)Nc2c(C3CC3)cnn2C(=O)OC(C)(C)C)c(Cl)n1. The molecule has 7 nitrogen and oxygen atoms in total. The van der Waals surface area contributed by atoms with E-state index in [1.165, 1.54) is 0 Å². The molecule has 0 aliphatic heterocycles. The first-order valence-corrected chi connectivity index (χ1v) is 8.79. The number of amides is 1. The molecule has 0 atom stereocenters. The molecule has 1 saturated carbocycles. The number of hydrogen-bond donors (Lipinski definition) is 1. The average Bonchev–Trinajstić information content (AvgIpc) is 3.26. The summed E-state index contributed by atoms with van der Waals surface area (Å²) in [6.45, 7) is 7.10. The fourth-order valence-electron chi connectivity index (χ4n) is 2.49. The summed E-state index contributed by atoms with van der Waals surface area (Å²) in [5.41, 5.74) is 1.09. The van der Waals surface area contributed by atoms with Gasteiger partial charge in [0, 0.05) is 11.3 Å². The van der Waals surface area contributed by atoms with Gasteiger partial charge in [0.05, 0.1) is 11.8 Å². The first kappa shape index (κ1) is 18.4. The van der Waals surface area contributed by atoms with Gasteiger partial charge in [-0.3, -0.25) is 4.79 Å². The Labute approximate surface area is 156 Å². The number of rotatable bonds is 3. The molecule has 138 valence electrons. The van der Waals surface area contributed by atoms with Crippen LogP contribution >= 0.6 is 11.6 Å². The molecule has 0 spiro atoms. The van der Waals surface area contributed by atoms with Crippen molar-refractivity contribution < 1.29 is 14.3 Å². The molecular weight excluding hydrogens is 356 g/mol. The van der Waals surface area contributed by atoms with Crippen LogP contribution in [-0.2, 0) is 4.74 Å². The van der Waals surface area contributed by atoms with E-state index in [2.05, 4.69) is 15.4 Å². The molecule has 0 saturated heterocycles. The highest BCUT2D eigenvalue weighted by atomic mass is 35.5. The first-order valence-electron chi connectivity index (χ1n) is 8.41. The van der Waals surface area contributed by atoms with Crippen molar-refractivity contribution in [2.75, 3.05) is 5.32 Å². The summed E-state index contributed by atoms with van der Waals surface area (Å²) < 4.78 is 6.47. The van der Waals surface area contributed by atoms with E-state index >= 15 is 0 Å². The third-order valence-electron chi connectivity index (χ3n) is 3.85. The van der Waals surface area contributed by atoms with Gasteiger partial charge in [0.1, 0.15) is 16.6 Å². The van der Waals surface area contributed by atoms with Crippen LogP contribution in [0.1, 0.15) is 61.1 Å². The zero-order valence-electron chi connectivity index (χ0n) is 15.2. The lowest BCUT2D eigenvalue weighted by Crippen LogP contribution is -2.29. The molecule has 8 heteroatoms. The third kappa shape index (κ3) is 4.04. The summed E-state index contributed by atoms with van der Waals surface area (Å²) >= 11 is 6.08. The summed E-state index contributed by atoms with van der Waals surface area (Å²) in [6, 6.07) is 3.30. The number of pyridine rings is 1. The number of nitrogens with one attached hydrogen (secondary N) is 1. The summed E-state index contributed by atoms with van der Waals surface area (Å²) in [7, 11) is 0. The minimum atomic E-state index is -0.672. The van der Waals surface area contributed by atoms with Gasteiger partial charge in [-0.15, -0.1) is 4.68 Å². The molecule has 0 bridgehead atoms. The second-order valence-corrected chi connectivity index (χ2v) is 7.72. The molecule has 3 rings (SSSR count). The van der Waals surface area contributed by atoms with Crippen LogP contribution in [0.25, 0.3) is 0 Å². The molecule has 2 heterocycles. The Morgan fingerprint density at radius 2 is 2.00 bits per heavy atom. The highest BCUT2D eigenvalue weighted by Crippen LogP contribution is 2.43. The number of aromatic nitrogens is 3. The van der Waals surface area contributed by atoms with E-state index in [0.717, 1.165) is 23.1 Å². The fraction of sp³-hybridized carbons (Fsp3) is 0.444. The summed E-state index contributed by atoms with van der Waals surface area (Å²) in [6.07, 6.45) is 2.95. The van der Waals surface area contributed by atoms with Gasteiger partial charge < -0.3 is 10.1 Å². The largest absolute Gasteiger partial charge is 0.442 e. The lowest BCUT2D eigenvalue weighted by molar-refractivity contribution is 0.0518. The molecular formula is C18H21ClN4O3. The molecule has 1 aliphatic rings. The molecule has 0 radical (unpaired) electrons. The second-order valence-electron chi connectivity index (χ2n) is 7.36. The summed E-state index contributed by atoms with van der Waals surface area (Å²) in [4.78, 5) is 29.2. The maximum atomic E-state index is 12.7. The predicted molar refractivity (Wildman–Crippen MR) is 97.8 cm³/mol. The van der Waals surface area contributed by atoms with Gasteiger partial charge in [-0.2, -0.15) is 5.10 Å². The Kier molecular flexibility index (Phi) is 4.75. The van der Waals surface area contributed by atoms with Gasteiger partial charge in [-0.1, -0.05) is 11.6 Å². The second kappa shape index (κ2) is 6.72. The van der Waals surface area contributed by atoms with E-state index in [0.29, 0.717) is 11.5 Å². The monoisotopic (exact) mass is 376 g/mol. The maximum absolute atomic E-state index is 12.7. The van der Waals surface area contributed by atoms with Crippen LogP contribution in [0.15, 0.2) is 18.3 Å². The third-order valence-corrected chi connectivity index (χ3v) is 4.13. The van der Waals surface area contributed by atoms with Crippen LogP contribution in [0.2, 0.25) is 5.15 Å². The van der Waals surface area contributed by atoms with E-state index in [1.807, 2.05) is 0 Å². The highest BCUT2D eigenvalue weighted by molar-refractivity contribution is 6.33. The van der Waals surface area contributed by atoms with Gasteiger partial charge in [-0.25, -0.2) is 9.78 Å². The molecule has 1 N–H and O–H groups in total. The molecule has 1 amide bonds. The molecule has 2 aromatic heterocycles. The van der Waals surface area contributed by atoms with Crippen molar-refractivity contribution in [3.8, 4) is 0 Å². The molecule has 0 aromatic carbocycles. The highest BCUT2D eigenvalue weighted by Gasteiger charge is 2.32. The number of carbonyl (C=O) groups is 2. The minimum absolute atomic E-state index is 0.110. The van der Waals surface area contributed by atoms with Gasteiger partial charge in [0.15, 0.2) is 0 Å². The Hall–Kier alpha value is -2.41. The molecule has 1 aliphatic carbocycles. The number of carbonyl (C=O) groups excluding carboxylic acids is 2. The van der Waals surface area contributed by atoms with Crippen molar-refractivity contribution in [1.82, 2.24) is 14.8 Å². The van der Waals surface area contributed by atoms with E-state index in [9.17, 15) is 9.59 Å². The Morgan fingerprint density at radius 1 is 1.31 bits per heavy atom. The predicted octanol–water partition coefficient (Wildman–Crippen LogP) is 4.15. The van der Waals surface area contributed by atoms with Crippen LogP contribution in [0.4, 0.5) is 10.6 Å². The van der Waals surface area contributed by atoms with Gasteiger partial charge in [0.25, 0.3) is 5.91 Å². The molecule has 2 aromatic rings. The lowest BCUT2D eigenvalue weighted by atomic mass is 10.2. The van der Waals surface area contributed by atoms with Gasteiger partial charge >= 0.3 is 6.09 Å². The lowest BCUT2D eigenvalue weighted by Gasteiger charge is -2.20. The first-order chi connectivity index (χ1) is 12.2. The molecule has 26 heavy (non-hydrogen) atoms. The maximum Gasteiger partial charge on any atom is 0.437 e. The van der Waals surface area contributed by atoms with E-state index in [4.69, 9.17) is 16.3 Å². The van der Waals surface area contributed by atoms with Crippen molar-refractivity contribution >= 4 is 29.4 Å². The minimum Gasteiger partial charge on any atom is -0.442 e. The Morgan fingerprint density at radius 3 is 2.58 bits per heavy atom. The summed E-state index contributed by atoms with van der Waals surface area (Å²) in [5.74, 6) is 0.159. The van der Waals surface area contributed by atoms with Crippen LogP contribution in [0, 0.1) is 6.92 Å². The van der Waals surface area contributed by atoms with Crippen LogP contribution in [0.3, 0.4) is 0 Å². The van der Waals surface area contributed by atoms with Gasteiger partial charge in [0.2, 0.25) is 0 Å². The number of halogens is 1. The van der Waals surface area contributed by atoms with Crippen molar-refractivity contribution in [2.24, 2.45) is 0 Å². The number of aryl methyl sites for hydroxylation is 1. The van der Waals surface area contributed by atoms with Crippen LogP contribution in [-0.4, -0.2) is 32.4 Å². The average molecular weight is 377 g/mol. The number of anilines is 1. The zero-order chi connectivity index (χ0) is 19.1. The number of hydrogen-bond acceptors (Lipinski definition) is 5. The molecule has 1 fully saturated rings.